The van der Waals surface area contributed by atoms with Gasteiger partial charge in [0.2, 0.25) is 10.0 Å². The molecule has 3 rings (SSSR count). The van der Waals surface area contributed by atoms with Crippen LogP contribution in [0.4, 0.5) is 6.01 Å². The van der Waals surface area contributed by atoms with Crippen LogP contribution in [0, 0.1) is 13.8 Å². The third kappa shape index (κ3) is 3.67. The molecule has 0 fully saturated rings. The van der Waals surface area contributed by atoms with Crippen LogP contribution in [-0.2, 0) is 10.0 Å². The van der Waals surface area contributed by atoms with Crippen LogP contribution in [-0.4, -0.2) is 42.7 Å². The number of sulfonamides is 1. The van der Waals surface area contributed by atoms with Gasteiger partial charge in [0, 0.05) is 28.3 Å². The Labute approximate surface area is 164 Å². The Morgan fingerprint density at radius 3 is 2.59 bits per heavy atom. The fourth-order valence-electron chi connectivity index (χ4n) is 2.66. The number of hydrogen-bond acceptors (Lipinski definition) is 6. The molecule has 0 atom stereocenters. The van der Waals surface area contributed by atoms with Gasteiger partial charge in [-0.2, -0.15) is 0 Å². The Balaban J connectivity index is 2.02. The Bertz CT molecular complexity index is 1130. The van der Waals surface area contributed by atoms with Crippen molar-refractivity contribution in [2.24, 2.45) is 0 Å². The molecule has 0 saturated heterocycles. The molecule has 3 aromatic rings. The minimum absolute atomic E-state index is 0.106. The van der Waals surface area contributed by atoms with Crippen LogP contribution < -0.4 is 4.31 Å². The highest BCUT2D eigenvalue weighted by Gasteiger charge is 2.25. The van der Waals surface area contributed by atoms with E-state index in [1.807, 2.05) is 6.07 Å². The van der Waals surface area contributed by atoms with Crippen LogP contribution in [0.3, 0.4) is 0 Å². The van der Waals surface area contributed by atoms with Crippen molar-refractivity contribution in [2.75, 3.05) is 17.6 Å². The number of anilines is 1. The molecule has 0 aliphatic rings. The maximum absolute atomic E-state index is 12.9. The van der Waals surface area contributed by atoms with Crippen molar-refractivity contribution in [1.82, 2.24) is 15.2 Å². The first-order chi connectivity index (χ1) is 12.6. The number of hydrogen-bond donors (Lipinski definition) is 1. The number of halogens is 1. The molecule has 0 aliphatic carbocycles. The van der Waals surface area contributed by atoms with Crippen molar-refractivity contribution in [3.8, 4) is 11.6 Å². The maximum Gasteiger partial charge on any atom is 0.332 e. The van der Waals surface area contributed by atoms with Gasteiger partial charge in [0.05, 0.1) is 6.26 Å². The molecule has 2 aromatic heterocycles. The second-order valence-electron chi connectivity index (χ2n) is 6.08. The topological polar surface area (TPSA) is 109 Å². The number of aromatic amines is 1. The lowest BCUT2D eigenvalue weighted by molar-refractivity contribution is 0.103. The van der Waals surface area contributed by atoms with Crippen molar-refractivity contribution in [3.05, 3.63) is 51.1 Å². The molecule has 0 bridgehead atoms. The summed E-state index contributed by atoms with van der Waals surface area (Å²) in [7, 11) is -2.20. The second kappa shape index (κ2) is 6.93. The van der Waals surface area contributed by atoms with Gasteiger partial charge in [0.1, 0.15) is 5.69 Å². The van der Waals surface area contributed by atoms with Crippen molar-refractivity contribution in [3.63, 3.8) is 0 Å². The summed E-state index contributed by atoms with van der Waals surface area (Å²) in [6.07, 6.45) is 1.04. The number of benzene rings is 1. The Morgan fingerprint density at radius 2 is 1.96 bits per heavy atom. The fourth-order valence-corrected chi connectivity index (χ4v) is 3.42. The monoisotopic (exact) mass is 452 g/mol. The zero-order valence-corrected chi connectivity index (χ0v) is 17.5. The number of H-pyrrole nitrogens is 1. The third-order valence-electron chi connectivity index (χ3n) is 4.15. The summed E-state index contributed by atoms with van der Waals surface area (Å²) in [5, 5.41) is 7.68. The van der Waals surface area contributed by atoms with Gasteiger partial charge >= 0.3 is 6.01 Å². The SMILES string of the molecule is Cc1[nH]c(-c2nnc(N(C)S(C)(=O)=O)o2)c(C)c1C(=O)c1cccc(Br)c1. The molecule has 0 saturated carbocycles. The minimum Gasteiger partial charge on any atom is -0.401 e. The Hall–Kier alpha value is -2.46. The summed E-state index contributed by atoms with van der Waals surface area (Å²) in [5.41, 5.74) is 2.84. The van der Waals surface area contributed by atoms with Gasteiger partial charge in [-0.15, -0.1) is 5.10 Å². The Kier molecular flexibility index (Phi) is 4.96. The molecule has 0 aliphatic heterocycles. The Morgan fingerprint density at radius 1 is 1.26 bits per heavy atom. The number of ketones is 1. The molecule has 0 unspecified atom stereocenters. The highest BCUT2D eigenvalue weighted by atomic mass is 79.9. The van der Waals surface area contributed by atoms with Crippen LogP contribution in [0.25, 0.3) is 11.6 Å². The molecular weight excluding hydrogens is 436 g/mol. The average Bonchev–Trinajstić information content (AvgIpc) is 3.17. The first-order valence-corrected chi connectivity index (χ1v) is 10.5. The predicted molar refractivity (Wildman–Crippen MR) is 104 cm³/mol. The van der Waals surface area contributed by atoms with Crippen LogP contribution >= 0.6 is 15.9 Å². The van der Waals surface area contributed by atoms with Gasteiger partial charge in [-0.05, 0) is 31.5 Å². The van der Waals surface area contributed by atoms with Crippen molar-refractivity contribution in [2.45, 2.75) is 13.8 Å². The van der Waals surface area contributed by atoms with E-state index < -0.39 is 10.0 Å². The molecule has 0 spiro atoms. The van der Waals surface area contributed by atoms with Gasteiger partial charge in [-0.1, -0.05) is 33.2 Å². The van der Waals surface area contributed by atoms with Gasteiger partial charge in [0.25, 0.3) is 5.89 Å². The van der Waals surface area contributed by atoms with Crippen LogP contribution in [0.15, 0.2) is 33.2 Å². The third-order valence-corrected chi connectivity index (χ3v) is 5.79. The van der Waals surface area contributed by atoms with E-state index in [2.05, 4.69) is 31.1 Å². The number of nitrogens with zero attached hydrogens (tertiary/aromatic N) is 3. The summed E-state index contributed by atoms with van der Waals surface area (Å²) in [6.45, 7) is 3.55. The number of carbonyl (C=O) groups excluding carboxylic acids is 1. The molecule has 0 amide bonds. The van der Waals surface area contributed by atoms with Gasteiger partial charge in [-0.25, -0.2) is 12.7 Å². The van der Waals surface area contributed by atoms with E-state index in [1.54, 1.807) is 32.0 Å². The highest BCUT2D eigenvalue weighted by molar-refractivity contribution is 9.10. The summed E-state index contributed by atoms with van der Waals surface area (Å²) in [5.74, 6) is -0.0313. The number of carbonyl (C=O) groups is 1. The molecule has 27 heavy (non-hydrogen) atoms. The van der Waals surface area contributed by atoms with Crippen molar-refractivity contribution < 1.29 is 17.6 Å². The number of rotatable bonds is 5. The predicted octanol–water partition coefficient (Wildman–Crippen LogP) is 3.07. The van der Waals surface area contributed by atoms with E-state index in [-0.39, 0.29) is 17.7 Å². The average molecular weight is 453 g/mol. The van der Waals surface area contributed by atoms with Crippen LogP contribution in [0.1, 0.15) is 27.2 Å². The maximum atomic E-state index is 12.9. The molecule has 10 heteroatoms. The van der Waals surface area contributed by atoms with E-state index in [1.165, 1.54) is 7.05 Å². The molecular formula is C17H17BrN4O4S. The lowest BCUT2D eigenvalue weighted by Gasteiger charge is -2.09. The largest absolute Gasteiger partial charge is 0.401 e. The molecule has 2 heterocycles. The first-order valence-electron chi connectivity index (χ1n) is 7.86. The van der Waals surface area contributed by atoms with Gasteiger partial charge in [-0.3, -0.25) is 4.79 Å². The second-order valence-corrected chi connectivity index (χ2v) is 9.01. The fraction of sp³-hybridized carbons (Fsp3) is 0.235. The summed E-state index contributed by atoms with van der Waals surface area (Å²) in [6, 6.07) is 6.97. The lowest BCUT2D eigenvalue weighted by Crippen LogP contribution is -2.25. The van der Waals surface area contributed by atoms with Gasteiger partial charge < -0.3 is 9.40 Å². The minimum atomic E-state index is -3.52. The van der Waals surface area contributed by atoms with Crippen molar-refractivity contribution in [1.29, 1.82) is 0 Å². The smallest absolute Gasteiger partial charge is 0.332 e. The van der Waals surface area contributed by atoms with Crippen LogP contribution in [0.2, 0.25) is 0 Å². The zero-order chi connectivity index (χ0) is 19.9. The van der Waals surface area contributed by atoms with E-state index in [9.17, 15) is 13.2 Å². The zero-order valence-electron chi connectivity index (χ0n) is 15.1. The number of nitrogens with one attached hydrogen (secondary N) is 1. The molecule has 8 nitrogen and oxygen atoms in total. The standard InChI is InChI=1S/C17H17BrN4O4S/c1-9-13(15(23)11-6-5-7-12(18)8-11)10(2)19-14(9)16-20-21-17(26-16)22(3)27(4,24)25/h5-8,19H,1-4H3. The molecule has 1 N–H and O–H groups in total. The normalized spacial score (nSPS) is 11.6. The number of aromatic nitrogens is 3. The molecule has 142 valence electrons. The van der Waals surface area contributed by atoms with Crippen LogP contribution in [0.5, 0.6) is 0 Å². The number of aryl methyl sites for hydroxylation is 1. The summed E-state index contributed by atoms with van der Waals surface area (Å²) >= 11 is 3.37. The molecule has 1 aromatic carbocycles. The summed E-state index contributed by atoms with van der Waals surface area (Å²) in [4.78, 5) is 16.0. The van der Waals surface area contributed by atoms with Crippen molar-refractivity contribution >= 4 is 37.8 Å². The lowest BCUT2D eigenvalue weighted by atomic mass is 10.00. The quantitative estimate of drug-likeness (QED) is 0.595. The first kappa shape index (κ1) is 19.3. The van der Waals surface area contributed by atoms with E-state index in [0.29, 0.717) is 28.1 Å². The van der Waals surface area contributed by atoms with E-state index in [4.69, 9.17) is 4.42 Å². The summed E-state index contributed by atoms with van der Waals surface area (Å²) < 4.78 is 30.4. The molecule has 0 radical (unpaired) electrons. The van der Waals surface area contributed by atoms with E-state index in [0.717, 1.165) is 15.0 Å². The van der Waals surface area contributed by atoms with Gasteiger partial charge in [0.15, 0.2) is 5.78 Å². The highest BCUT2D eigenvalue weighted by Crippen LogP contribution is 2.30. The van der Waals surface area contributed by atoms with E-state index >= 15 is 0 Å².